The van der Waals surface area contributed by atoms with Gasteiger partial charge in [0.15, 0.2) is 0 Å². The minimum Gasteiger partial charge on any atom is -0.0609 e. The predicted molar refractivity (Wildman–Crippen MR) is 126 cm³/mol. The molecule has 2 aliphatic carbocycles. The highest BCUT2D eigenvalue weighted by molar-refractivity contribution is 6.08. The van der Waals surface area contributed by atoms with Crippen LogP contribution in [0.25, 0.3) is 11.1 Å². The average Bonchev–Trinajstić information content (AvgIpc) is 2.79. The van der Waals surface area contributed by atoms with E-state index in [4.69, 9.17) is 0 Å². The lowest BCUT2D eigenvalue weighted by molar-refractivity contribution is 0.148. The molecule has 2 aliphatic rings. The van der Waals surface area contributed by atoms with Gasteiger partial charge < -0.3 is 0 Å². The van der Waals surface area contributed by atoms with E-state index < -0.39 is 0 Å². The molecule has 3 radical (unpaired) electrons. The zero-order chi connectivity index (χ0) is 20.1. The Morgan fingerprint density at radius 2 is 1.14 bits per heavy atom. The van der Waals surface area contributed by atoms with Crippen molar-refractivity contribution < 1.29 is 0 Å². The summed E-state index contributed by atoms with van der Waals surface area (Å²) in [5.74, 6) is 3.99. The predicted octanol–water partition coefficient (Wildman–Crippen LogP) is 7.79. The molecule has 4 rings (SSSR count). The highest BCUT2D eigenvalue weighted by Gasteiger charge is 2.30. The Morgan fingerprint density at radius 1 is 0.655 bits per heavy atom. The molecule has 0 bridgehead atoms. The molecule has 2 aromatic carbocycles. The van der Waals surface area contributed by atoms with E-state index in [1.807, 2.05) is 0 Å². The summed E-state index contributed by atoms with van der Waals surface area (Å²) in [7, 11) is 3.74. The van der Waals surface area contributed by atoms with Crippen LogP contribution in [0.5, 0.6) is 0 Å². The van der Waals surface area contributed by atoms with Crippen molar-refractivity contribution in [1.29, 1.82) is 0 Å². The Kier molecular flexibility index (Phi) is 7.29. The second-order valence-corrected chi connectivity index (χ2v) is 10.3. The highest BCUT2D eigenvalue weighted by atomic mass is 28.1. The van der Waals surface area contributed by atoms with Crippen molar-refractivity contribution in [3.8, 4) is 11.1 Å². The average molecular weight is 402 g/mol. The molecule has 0 saturated heterocycles. The van der Waals surface area contributed by atoms with Crippen molar-refractivity contribution in [1.82, 2.24) is 0 Å². The molecule has 0 N–H and O–H groups in total. The largest absolute Gasteiger partial charge is 0.0609 e. The van der Waals surface area contributed by atoms with Gasteiger partial charge in [0, 0.05) is 10.2 Å². The number of hydrogen-bond acceptors (Lipinski definition) is 0. The summed E-state index contributed by atoms with van der Waals surface area (Å²) in [4.78, 5) is 0. The van der Waals surface area contributed by atoms with E-state index in [9.17, 15) is 0 Å². The van der Waals surface area contributed by atoms with Crippen LogP contribution < -0.4 is 0 Å². The van der Waals surface area contributed by atoms with Crippen LogP contribution in [0.15, 0.2) is 48.5 Å². The molecule has 0 aliphatic heterocycles. The Labute approximate surface area is 181 Å². The fourth-order valence-electron chi connectivity index (χ4n) is 5.79. The number of benzene rings is 2. The Balaban J connectivity index is 1.21. The zero-order valence-corrected chi connectivity index (χ0v) is 19.2. The third-order valence-electron chi connectivity index (χ3n) is 7.92. The lowest BCUT2D eigenvalue weighted by atomic mass is 9.69. The van der Waals surface area contributed by atoms with Gasteiger partial charge in [0.2, 0.25) is 0 Å². The number of aryl methyl sites for hydroxylation is 2. The summed E-state index contributed by atoms with van der Waals surface area (Å²) < 4.78 is 0. The molecule has 0 atom stereocenters. The molecule has 0 amide bonds. The van der Waals surface area contributed by atoms with E-state index in [1.165, 1.54) is 92.5 Å². The van der Waals surface area contributed by atoms with E-state index >= 15 is 0 Å². The van der Waals surface area contributed by atoms with Crippen LogP contribution >= 0.6 is 0 Å². The maximum atomic E-state index is 3.74. The molecule has 0 heterocycles. The van der Waals surface area contributed by atoms with Crippen molar-refractivity contribution in [2.24, 2.45) is 23.7 Å². The van der Waals surface area contributed by atoms with Gasteiger partial charge in [-0.3, -0.25) is 0 Å². The van der Waals surface area contributed by atoms with Crippen molar-refractivity contribution in [3.05, 3.63) is 59.7 Å². The summed E-state index contributed by atoms with van der Waals surface area (Å²) in [6, 6.07) is 19.4. The van der Waals surface area contributed by atoms with Gasteiger partial charge in [-0.1, -0.05) is 85.8 Å². The van der Waals surface area contributed by atoms with Gasteiger partial charge in [-0.05, 0) is 85.8 Å². The molecular formula is C28H37Si. The van der Waals surface area contributed by atoms with Crippen molar-refractivity contribution in [3.63, 3.8) is 0 Å². The van der Waals surface area contributed by atoms with Gasteiger partial charge >= 0.3 is 0 Å². The Hall–Kier alpha value is -1.34. The van der Waals surface area contributed by atoms with Gasteiger partial charge in [-0.15, -0.1) is 0 Å². The summed E-state index contributed by atoms with van der Waals surface area (Å²) in [5.41, 5.74) is 5.50. The van der Waals surface area contributed by atoms with Crippen LogP contribution in [0.3, 0.4) is 0 Å². The molecule has 2 aromatic rings. The van der Waals surface area contributed by atoms with Crippen LogP contribution in [-0.4, -0.2) is 10.2 Å². The van der Waals surface area contributed by atoms with Crippen molar-refractivity contribution >= 4 is 10.2 Å². The van der Waals surface area contributed by atoms with Gasteiger partial charge in [0.25, 0.3) is 0 Å². The van der Waals surface area contributed by atoms with Crippen molar-refractivity contribution in [2.45, 2.75) is 77.2 Å². The molecule has 0 nitrogen and oxygen atoms in total. The molecule has 153 valence electrons. The molecule has 0 spiro atoms. The first-order valence-electron chi connectivity index (χ1n) is 12.0. The Morgan fingerprint density at radius 3 is 1.66 bits per heavy atom. The SMILES string of the molecule is Cc1ccc(-c2ccc(CCC3CCC(C4CCC(C[Si])CC4)CC3)cc2)cc1. The molecule has 0 aromatic heterocycles. The lowest BCUT2D eigenvalue weighted by Gasteiger charge is -2.37. The first kappa shape index (κ1) is 20.9. The van der Waals surface area contributed by atoms with Gasteiger partial charge in [-0.25, -0.2) is 0 Å². The summed E-state index contributed by atoms with van der Waals surface area (Å²) in [5, 5.41) is 0. The molecule has 29 heavy (non-hydrogen) atoms. The van der Waals surface area contributed by atoms with Crippen molar-refractivity contribution in [2.75, 3.05) is 0 Å². The van der Waals surface area contributed by atoms with Crippen LogP contribution in [0.4, 0.5) is 0 Å². The smallest absolute Gasteiger partial charge is 0.0225 e. The molecule has 0 unspecified atom stereocenters. The first-order valence-corrected chi connectivity index (χ1v) is 12.7. The lowest BCUT2D eigenvalue weighted by Crippen LogP contribution is -2.26. The number of hydrogen-bond donors (Lipinski definition) is 0. The van der Waals surface area contributed by atoms with Gasteiger partial charge in [0.1, 0.15) is 0 Å². The van der Waals surface area contributed by atoms with Gasteiger partial charge in [-0.2, -0.15) is 0 Å². The fourth-order valence-corrected chi connectivity index (χ4v) is 6.20. The normalized spacial score (nSPS) is 27.7. The third-order valence-corrected chi connectivity index (χ3v) is 8.50. The van der Waals surface area contributed by atoms with E-state index in [0.717, 1.165) is 23.7 Å². The highest BCUT2D eigenvalue weighted by Crippen LogP contribution is 2.42. The third kappa shape index (κ3) is 5.63. The summed E-state index contributed by atoms with van der Waals surface area (Å²) >= 11 is 0. The van der Waals surface area contributed by atoms with Crippen LogP contribution in [0.2, 0.25) is 6.04 Å². The van der Waals surface area contributed by atoms with Gasteiger partial charge in [0.05, 0.1) is 0 Å². The number of rotatable bonds is 6. The second-order valence-electron chi connectivity index (χ2n) is 9.87. The van der Waals surface area contributed by atoms with E-state index in [-0.39, 0.29) is 0 Å². The molecule has 1 heteroatoms. The maximum Gasteiger partial charge on any atom is 0.0225 e. The minimum absolute atomic E-state index is 0.955. The standard InChI is InChI=1S/C28H37Si/c1-21-2-12-25(13-3-21)26-14-6-22(7-15-26)4-5-23-8-16-27(17-9-23)28-18-10-24(20-29)11-19-28/h2-3,6-7,12-15,23-24,27-28H,4-5,8-11,16-20H2,1H3. The second kappa shape index (κ2) is 10.1. The first-order chi connectivity index (χ1) is 14.2. The van der Waals surface area contributed by atoms with Crippen LogP contribution in [0.1, 0.15) is 68.9 Å². The van der Waals surface area contributed by atoms with Crippen LogP contribution in [0, 0.1) is 30.6 Å². The molecule has 2 saturated carbocycles. The molecular weight excluding hydrogens is 364 g/mol. The Bertz CT molecular complexity index is 729. The topological polar surface area (TPSA) is 0 Å². The van der Waals surface area contributed by atoms with E-state index in [2.05, 4.69) is 65.7 Å². The fraction of sp³-hybridized carbons (Fsp3) is 0.571. The summed E-state index contributed by atoms with van der Waals surface area (Å²) in [6.07, 6.45) is 14.5. The quantitative estimate of drug-likeness (QED) is 0.433. The van der Waals surface area contributed by atoms with E-state index in [1.54, 1.807) is 0 Å². The summed E-state index contributed by atoms with van der Waals surface area (Å²) in [6.45, 7) is 2.15. The minimum atomic E-state index is 0.955. The maximum absolute atomic E-state index is 3.74. The monoisotopic (exact) mass is 401 g/mol. The van der Waals surface area contributed by atoms with Crippen LogP contribution in [-0.2, 0) is 6.42 Å². The molecule has 2 fully saturated rings. The zero-order valence-electron chi connectivity index (χ0n) is 18.2. The van der Waals surface area contributed by atoms with E-state index in [0.29, 0.717) is 0 Å².